The van der Waals surface area contributed by atoms with Gasteiger partial charge in [0, 0.05) is 0 Å². The number of carbonyl (C=O) groups excluding carboxylic acids is 5. The summed E-state index contributed by atoms with van der Waals surface area (Å²) in [6.07, 6.45) is -3.73. The minimum Gasteiger partial charge on any atom is -0.461 e. The average Bonchev–Trinajstić information content (AvgIpc) is 3.65. The Morgan fingerprint density at radius 1 is 0.733 bits per heavy atom. The van der Waals surface area contributed by atoms with Gasteiger partial charge < -0.3 is 23.7 Å². The van der Waals surface area contributed by atoms with Crippen molar-refractivity contribution >= 4 is 30.2 Å². The van der Waals surface area contributed by atoms with Gasteiger partial charge in [-0.15, -0.1) is 0 Å². The standard InChI is InChI=1S/C33H28N2O10/c1-2-41-33(40)26-24(18-36)35(20-34-26)29-28(45-32(39)23-16-10-5-11-17-23)27(44-31(38)22-14-8-4-9-15-22)25(43-29)19-42-30(37)21-12-6-3-7-13-21/h3-18,20,25,27-29H,2,19H2,1H3/t25-,27-,28-,29-/m1/s1. The van der Waals surface area contributed by atoms with Crippen molar-refractivity contribution in [2.24, 2.45) is 0 Å². The summed E-state index contributed by atoms with van der Waals surface area (Å²) in [6.45, 7) is 1.21. The van der Waals surface area contributed by atoms with Gasteiger partial charge in [-0.05, 0) is 43.3 Å². The Bertz CT molecular complexity index is 1660. The number of imidazole rings is 1. The lowest BCUT2D eigenvalue weighted by atomic mass is 10.1. The molecule has 3 aromatic carbocycles. The monoisotopic (exact) mass is 612 g/mol. The molecule has 0 unspecified atom stereocenters. The van der Waals surface area contributed by atoms with Crippen LogP contribution >= 0.6 is 0 Å². The summed E-state index contributed by atoms with van der Waals surface area (Å²) in [7, 11) is 0. The molecule has 12 nitrogen and oxygen atoms in total. The molecular weight excluding hydrogens is 584 g/mol. The molecule has 0 bridgehead atoms. The van der Waals surface area contributed by atoms with Crippen LogP contribution in [0.5, 0.6) is 0 Å². The molecule has 0 amide bonds. The lowest BCUT2D eigenvalue weighted by Gasteiger charge is -2.25. The maximum absolute atomic E-state index is 13.3. The topological polar surface area (TPSA) is 149 Å². The largest absolute Gasteiger partial charge is 0.461 e. The molecule has 0 radical (unpaired) electrons. The van der Waals surface area contributed by atoms with Crippen LogP contribution in [-0.4, -0.2) is 71.2 Å². The summed E-state index contributed by atoms with van der Waals surface area (Å²) < 4.78 is 29.7. The van der Waals surface area contributed by atoms with Crippen LogP contribution in [0, 0.1) is 0 Å². The van der Waals surface area contributed by atoms with E-state index in [2.05, 4.69) is 4.98 Å². The van der Waals surface area contributed by atoms with Crippen molar-refractivity contribution in [1.82, 2.24) is 9.55 Å². The normalized spacial score (nSPS) is 18.9. The molecule has 45 heavy (non-hydrogen) atoms. The van der Waals surface area contributed by atoms with Crippen molar-refractivity contribution < 1.29 is 47.7 Å². The molecule has 1 aliphatic heterocycles. The minimum absolute atomic E-state index is 0.0353. The highest BCUT2D eigenvalue weighted by Crippen LogP contribution is 2.36. The average molecular weight is 613 g/mol. The van der Waals surface area contributed by atoms with E-state index < -0.39 is 55.0 Å². The summed E-state index contributed by atoms with van der Waals surface area (Å²) in [5.74, 6) is -3.07. The number of carbonyl (C=O) groups is 5. The molecule has 4 atom stereocenters. The van der Waals surface area contributed by atoms with E-state index in [-0.39, 0.29) is 34.7 Å². The Morgan fingerprint density at radius 3 is 1.76 bits per heavy atom. The van der Waals surface area contributed by atoms with Crippen LogP contribution in [0.15, 0.2) is 97.3 Å². The van der Waals surface area contributed by atoms with Gasteiger partial charge in [-0.2, -0.15) is 0 Å². The van der Waals surface area contributed by atoms with E-state index in [9.17, 15) is 24.0 Å². The number of hydrogen-bond acceptors (Lipinski definition) is 11. The van der Waals surface area contributed by atoms with Gasteiger partial charge in [0.15, 0.2) is 30.4 Å². The number of aromatic nitrogens is 2. The molecule has 12 heteroatoms. The number of nitrogens with zero attached hydrogens (tertiary/aromatic N) is 2. The van der Waals surface area contributed by atoms with Crippen molar-refractivity contribution in [2.45, 2.75) is 31.5 Å². The maximum atomic E-state index is 13.3. The van der Waals surface area contributed by atoms with E-state index in [1.165, 1.54) is 28.8 Å². The molecule has 1 fully saturated rings. The van der Waals surface area contributed by atoms with Gasteiger partial charge in [0.1, 0.15) is 18.4 Å². The smallest absolute Gasteiger partial charge is 0.359 e. The van der Waals surface area contributed by atoms with E-state index in [0.717, 1.165) is 6.33 Å². The predicted octanol–water partition coefficient (Wildman–Crippen LogP) is 4.08. The second kappa shape index (κ2) is 14.2. The second-order valence-electron chi connectivity index (χ2n) is 9.73. The van der Waals surface area contributed by atoms with Crippen LogP contribution in [0.2, 0.25) is 0 Å². The first kappa shape index (κ1) is 30.8. The zero-order valence-corrected chi connectivity index (χ0v) is 24.0. The summed E-state index contributed by atoms with van der Waals surface area (Å²) in [5, 5.41) is 0. The number of rotatable bonds is 11. The highest BCUT2D eigenvalue weighted by Gasteiger charge is 2.52. The van der Waals surface area contributed by atoms with Crippen LogP contribution < -0.4 is 0 Å². The Hall–Kier alpha value is -5.62. The highest BCUT2D eigenvalue weighted by atomic mass is 16.7. The van der Waals surface area contributed by atoms with Crippen LogP contribution in [0.25, 0.3) is 0 Å². The molecular formula is C33H28N2O10. The van der Waals surface area contributed by atoms with Gasteiger partial charge in [-0.3, -0.25) is 9.36 Å². The van der Waals surface area contributed by atoms with Crippen molar-refractivity contribution in [3.63, 3.8) is 0 Å². The molecule has 0 spiro atoms. The first-order valence-electron chi connectivity index (χ1n) is 14.0. The van der Waals surface area contributed by atoms with Crippen molar-refractivity contribution in [3.8, 4) is 0 Å². The Kier molecular flexibility index (Phi) is 9.75. The van der Waals surface area contributed by atoms with Gasteiger partial charge in [-0.1, -0.05) is 54.6 Å². The Balaban J connectivity index is 1.53. The molecule has 0 aliphatic carbocycles. The summed E-state index contributed by atoms with van der Waals surface area (Å²) >= 11 is 0. The van der Waals surface area contributed by atoms with Crippen LogP contribution in [0.3, 0.4) is 0 Å². The third-order valence-corrected chi connectivity index (χ3v) is 6.87. The molecule has 4 aromatic rings. The highest BCUT2D eigenvalue weighted by molar-refractivity contribution is 5.95. The number of ether oxygens (including phenoxy) is 5. The Labute approximate surface area is 257 Å². The zero-order chi connectivity index (χ0) is 31.8. The molecule has 5 rings (SSSR count). The third-order valence-electron chi connectivity index (χ3n) is 6.87. The predicted molar refractivity (Wildman–Crippen MR) is 155 cm³/mol. The first-order chi connectivity index (χ1) is 21.9. The van der Waals surface area contributed by atoms with Crippen LogP contribution in [-0.2, 0) is 23.7 Å². The number of benzene rings is 3. The van der Waals surface area contributed by atoms with E-state index in [4.69, 9.17) is 23.7 Å². The van der Waals surface area contributed by atoms with Crippen LogP contribution in [0.4, 0.5) is 0 Å². The molecule has 2 heterocycles. The van der Waals surface area contributed by atoms with Crippen molar-refractivity contribution in [3.05, 3.63) is 125 Å². The summed E-state index contributed by atoms with van der Waals surface area (Å²) in [6, 6.07) is 24.4. The lowest BCUT2D eigenvalue weighted by Crippen LogP contribution is -2.41. The summed E-state index contributed by atoms with van der Waals surface area (Å²) in [4.78, 5) is 68.2. The lowest BCUT2D eigenvalue weighted by molar-refractivity contribution is -0.0625. The number of hydrogen-bond donors (Lipinski definition) is 0. The quantitative estimate of drug-likeness (QED) is 0.137. The summed E-state index contributed by atoms with van der Waals surface area (Å²) in [5.41, 5.74) is 0.148. The minimum atomic E-state index is -1.39. The van der Waals surface area contributed by atoms with Gasteiger partial charge >= 0.3 is 23.9 Å². The molecule has 0 N–H and O–H groups in total. The fraction of sp³-hybridized carbons (Fsp3) is 0.212. The van der Waals surface area contributed by atoms with E-state index >= 15 is 0 Å². The number of aldehydes is 1. The van der Waals surface area contributed by atoms with Gasteiger partial charge in [0.2, 0.25) is 0 Å². The molecule has 1 saturated heterocycles. The molecule has 0 saturated carbocycles. The number of esters is 4. The van der Waals surface area contributed by atoms with E-state index in [0.29, 0.717) is 6.29 Å². The SMILES string of the molecule is CCOC(=O)c1ncn([C@@H]2O[C@H](COC(=O)c3ccccc3)[C@@H](OC(=O)c3ccccc3)[C@H]2OC(=O)c2ccccc2)c1C=O. The third kappa shape index (κ3) is 6.97. The molecule has 1 aliphatic rings. The maximum Gasteiger partial charge on any atom is 0.359 e. The van der Waals surface area contributed by atoms with Crippen molar-refractivity contribution in [1.29, 1.82) is 0 Å². The van der Waals surface area contributed by atoms with Crippen molar-refractivity contribution in [2.75, 3.05) is 13.2 Å². The Morgan fingerprint density at radius 2 is 1.24 bits per heavy atom. The van der Waals surface area contributed by atoms with Gasteiger partial charge in [-0.25, -0.2) is 24.2 Å². The fourth-order valence-corrected chi connectivity index (χ4v) is 4.73. The zero-order valence-electron chi connectivity index (χ0n) is 24.0. The molecule has 230 valence electrons. The van der Waals surface area contributed by atoms with E-state index in [1.807, 2.05) is 0 Å². The first-order valence-corrected chi connectivity index (χ1v) is 14.0. The van der Waals surface area contributed by atoms with Gasteiger partial charge in [0.05, 0.1) is 29.6 Å². The molecule has 1 aromatic heterocycles. The fourth-order valence-electron chi connectivity index (χ4n) is 4.73. The van der Waals surface area contributed by atoms with E-state index in [1.54, 1.807) is 73.7 Å². The second-order valence-corrected chi connectivity index (χ2v) is 9.73. The van der Waals surface area contributed by atoms with Crippen LogP contribution in [0.1, 0.15) is 65.2 Å². The van der Waals surface area contributed by atoms with Gasteiger partial charge in [0.25, 0.3) is 0 Å².